The van der Waals surface area contributed by atoms with Crippen LogP contribution < -0.4 is 21.1 Å². The fourth-order valence-electron chi connectivity index (χ4n) is 4.33. The van der Waals surface area contributed by atoms with Gasteiger partial charge < -0.3 is 26.2 Å². The van der Waals surface area contributed by atoms with E-state index in [-0.39, 0.29) is 41.7 Å². The molecule has 0 atom stereocenters. The number of pyridine rings is 1. The minimum absolute atomic E-state index is 0.0547. The van der Waals surface area contributed by atoms with Crippen LogP contribution in [-0.2, 0) is 11.3 Å². The van der Waals surface area contributed by atoms with E-state index in [0.717, 1.165) is 25.7 Å². The van der Waals surface area contributed by atoms with Crippen molar-refractivity contribution in [2.45, 2.75) is 45.2 Å². The molecule has 1 aromatic heterocycles. The maximum absolute atomic E-state index is 13.6. The highest BCUT2D eigenvalue weighted by Crippen LogP contribution is 2.25. The number of amidine groups is 1. The molecule has 0 radical (unpaired) electrons. The molecule has 2 amide bonds. The summed E-state index contributed by atoms with van der Waals surface area (Å²) >= 11 is 0. The molecule has 0 spiro atoms. The first-order chi connectivity index (χ1) is 18.2. The van der Waals surface area contributed by atoms with Gasteiger partial charge in [0, 0.05) is 30.6 Å². The summed E-state index contributed by atoms with van der Waals surface area (Å²) in [5, 5.41) is 24.3. The summed E-state index contributed by atoms with van der Waals surface area (Å²) in [5.74, 6) is -0.733. The third kappa shape index (κ3) is 7.97. The number of carbonyl (C=O) groups is 2. The number of rotatable bonds is 11. The topological polar surface area (TPSA) is 155 Å². The number of halogens is 1. The quantitative estimate of drug-likeness (QED) is 0.197. The Morgan fingerprint density at radius 3 is 2.66 bits per heavy atom. The lowest BCUT2D eigenvalue weighted by Gasteiger charge is -2.30. The van der Waals surface area contributed by atoms with Crippen LogP contribution in [0.1, 0.15) is 53.0 Å². The third-order valence-electron chi connectivity index (χ3n) is 6.31. The van der Waals surface area contributed by atoms with Crippen molar-refractivity contribution in [3.63, 3.8) is 0 Å². The monoisotopic (exact) mass is 527 g/mol. The molecule has 0 bridgehead atoms. The summed E-state index contributed by atoms with van der Waals surface area (Å²) in [6.45, 7) is 5.49. The van der Waals surface area contributed by atoms with E-state index in [1.807, 2.05) is 0 Å². The van der Waals surface area contributed by atoms with Crippen molar-refractivity contribution in [3.05, 3.63) is 58.7 Å². The van der Waals surface area contributed by atoms with Gasteiger partial charge in [-0.05, 0) is 68.4 Å². The molecule has 5 N–H and O–H groups in total. The van der Waals surface area contributed by atoms with Gasteiger partial charge in [-0.1, -0.05) is 6.07 Å². The average Bonchev–Trinajstić information content (AvgIpc) is 2.92. The Kier molecular flexibility index (Phi) is 10.1. The molecule has 11 nitrogen and oxygen atoms in total. The van der Waals surface area contributed by atoms with Crippen LogP contribution in [0.5, 0.6) is 5.75 Å². The van der Waals surface area contributed by atoms with E-state index >= 15 is 0 Å². The molecule has 1 fully saturated rings. The predicted octanol–water partition coefficient (Wildman–Crippen LogP) is 1.67. The van der Waals surface area contributed by atoms with Gasteiger partial charge in [0.25, 0.3) is 5.91 Å². The Labute approximate surface area is 221 Å². The Morgan fingerprint density at radius 2 is 2.00 bits per heavy atom. The molecular formula is C26H34FN7O4. The lowest BCUT2D eigenvalue weighted by atomic mass is 9.86. The molecule has 0 unspecified atom stereocenters. The number of aromatic nitrogens is 1. The van der Waals surface area contributed by atoms with Gasteiger partial charge in [0.2, 0.25) is 5.91 Å². The maximum Gasteiger partial charge on any atom is 0.270 e. The third-order valence-corrected chi connectivity index (χ3v) is 6.31. The number of amides is 2. The smallest absolute Gasteiger partial charge is 0.270 e. The molecule has 38 heavy (non-hydrogen) atoms. The van der Waals surface area contributed by atoms with E-state index in [1.165, 1.54) is 24.4 Å². The second-order valence-electron chi connectivity index (χ2n) is 9.16. The van der Waals surface area contributed by atoms with Crippen LogP contribution in [-0.4, -0.2) is 65.9 Å². The summed E-state index contributed by atoms with van der Waals surface area (Å²) in [6, 6.07) is 7.68. The van der Waals surface area contributed by atoms with Gasteiger partial charge in [-0.2, -0.15) is 10.2 Å². The van der Waals surface area contributed by atoms with Gasteiger partial charge >= 0.3 is 0 Å². The number of nitrogens with two attached hydrogens (primary N) is 1. The Bertz CT molecular complexity index is 1180. The van der Waals surface area contributed by atoms with Gasteiger partial charge in [-0.25, -0.2) is 9.37 Å². The molecule has 1 aliphatic rings. The number of hydrazone groups is 2. The number of aryl methyl sites for hydroxylation is 1. The second kappa shape index (κ2) is 13.5. The first kappa shape index (κ1) is 28.5. The highest BCUT2D eigenvalue weighted by Gasteiger charge is 2.24. The number of nitrogens with one attached hydrogen (secondary N) is 2. The summed E-state index contributed by atoms with van der Waals surface area (Å²) in [7, 11) is 1.38. The van der Waals surface area contributed by atoms with Crippen LogP contribution >= 0.6 is 0 Å². The SMILES string of the molecule is C=NN(CC1CCC(NC(=O)CO)CC1)/N=C(\N)c1cc(C)nc(C(=O)NCc2ccc(F)c(OC)c2)c1. The largest absolute Gasteiger partial charge is 0.494 e. The van der Waals surface area contributed by atoms with Crippen LogP contribution in [0, 0.1) is 18.7 Å². The van der Waals surface area contributed by atoms with Crippen LogP contribution in [0.3, 0.4) is 0 Å². The number of nitrogens with zero attached hydrogens (tertiary/aromatic N) is 4. The van der Waals surface area contributed by atoms with Crippen LogP contribution in [0.2, 0.25) is 0 Å². The number of hydrogen-bond donors (Lipinski definition) is 4. The van der Waals surface area contributed by atoms with E-state index in [4.69, 9.17) is 15.6 Å². The molecule has 2 aromatic rings. The van der Waals surface area contributed by atoms with Crippen molar-refractivity contribution in [1.29, 1.82) is 0 Å². The molecule has 1 aromatic carbocycles. The zero-order chi connectivity index (χ0) is 27.7. The van der Waals surface area contributed by atoms with Gasteiger partial charge in [-0.15, -0.1) is 5.10 Å². The molecule has 1 aliphatic carbocycles. The fraction of sp³-hybridized carbons (Fsp3) is 0.423. The molecule has 3 rings (SSSR count). The molecule has 204 valence electrons. The molecule has 12 heteroatoms. The van der Waals surface area contributed by atoms with Crippen molar-refractivity contribution >= 4 is 24.4 Å². The Hall–Kier alpha value is -4.06. The minimum Gasteiger partial charge on any atom is -0.494 e. The number of aliphatic hydroxyl groups excluding tert-OH is 1. The molecule has 1 saturated carbocycles. The predicted molar refractivity (Wildman–Crippen MR) is 141 cm³/mol. The number of carbonyl (C=O) groups excluding carboxylic acids is 2. The lowest BCUT2D eigenvalue weighted by molar-refractivity contribution is -0.124. The number of benzene rings is 1. The standard InChI is InChI=1S/C26H34FN7O4/c1-16-10-19(12-22(31-16)26(37)30-13-18-6-9-21(27)23(11-18)38-3)25(28)33-34(29-2)14-17-4-7-20(8-5-17)32-24(36)15-35/h6,9-12,17,20,35H,2,4-5,7-8,13-15H2,1,3H3,(H2,28,33)(H,30,37)(H,32,36). The van der Waals surface area contributed by atoms with Crippen molar-refractivity contribution in [1.82, 2.24) is 20.7 Å². The molecule has 0 aliphatic heterocycles. The van der Waals surface area contributed by atoms with E-state index in [0.29, 0.717) is 23.4 Å². The molecule has 0 saturated heterocycles. The van der Waals surface area contributed by atoms with E-state index in [2.05, 4.69) is 32.5 Å². The van der Waals surface area contributed by atoms with Crippen molar-refractivity contribution < 1.29 is 23.8 Å². The highest BCUT2D eigenvalue weighted by atomic mass is 19.1. The first-order valence-corrected chi connectivity index (χ1v) is 12.3. The lowest BCUT2D eigenvalue weighted by Crippen LogP contribution is -2.40. The number of ether oxygens (including phenoxy) is 1. The van der Waals surface area contributed by atoms with Crippen molar-refractivity contribution in [2.75, 3.05) is 20.3 Å². The molecule has 1 heterocycles. The minimum atomic E-state index is -0.511. The summed E-state index contributed by atoms with van der Waals surface area (Å²) < 4.78 is 18.6. The van der Waals surface area contributed by atoms with Crippen LogP contribution in [0.25, 0.3) is 0 Å². The van der Waals surface area contributed by atoms with E-state index < -0.39 is 18.3 Å². The highest BCUT2D eigenvalue weighted by molar-refractivity contribution is 6.00. The number of hydrogen-bond acceptors (Lipinski definition) is 8. The summed E-state index contributed by atoms with van der Waals surface area (Å²) in [5.41, 5.74) is 8.18. The van der Waals surface area contributed by atoms with E-state index in [9.17, 15) is 14.0 Å². The van der Waals surface area contributed by atoms with Crippen LogP contribution in [0.4, 0.5) is 4.39 Å². The molecular weight excluding hydrogens is 493 g/mol. The summed E-state index contributed by atoms with van der Waals surface area (Å²) in [6.07, 6.45) is 3.31. The maximum atomic E-state index is 13.6. The Morgan fingerprint density at radius 1 is 1.26 bits per heavy atom. The fourth-order valence-corrected chi connectivity index (χ4v) is 4.33. The van der Waals surface area contributed by atoms with Gasteiger partial charge in [0.1, 0.15) is 12.3 Å². The average molecular weight is 528 g/mol. The first-order valence-electron chi connectivity index (χ1n) is 12.3. The summed E-state index contributed by atoms with van der Waals surface area (Å²) in [4.78, 5) is 28.5. The van der Waals surface area contributed by atoms with Gasteiger partial charge in [0.15, 0.2) is 17.4 Å². The zero-order valence-corrected chi connectivity index (χ0v) is 21.6. The Balaban J connectivity index is 1.62. The number of aliphatic hydroxyl groups is 1. The van der Waals surface area contributed by atoms with Crippen molar-refractivity contribution in [2.24, 2.45) is 21.9 Å². The number of methoxy groups -OCH3 is 1. The van der Waals surface area contributed by atoms with Gasteiger partial charge in [-0.3, -0.25) is 9.59 Å². The van der Waals surface area contributed by atoms with Crippen molar-refractivity contribution in [3.8, 4) is 5.75 Å². The normalized spacial score (nSPS) is 17.4. The van der Waals surface area contributed by atoms with Gasteiger partial charge in [0.05, 0.1) is 13.7 Å². The van der Waals surface area contributed by atoms with E-state index in [1.54, 1.807) is 25.1 Å². The van der Waals surface area contributed by atoms with Crippen LogP contribution in [0.15, 0.2) is 40.5 Å². The zero-order valence-electron chi connectivity index (χ0n) is 21.6. The second-order valence-corrected chi connectivity index (χ2v) is 9.16.